The molecule has 0 aromatic rings. The Balaban J connectivity index is 1.27. The molecule has 2 amide bonds. The van der Waals surface area contributed by atoms with E-state index in [1.165, 1.54) is 25.7 Å². The topological polar surface area (TPSA) is 43.9 Å². The van der Waals surface area contributed by atoms with E-state index in [-0.39, 0.29) is 5.91 Å². The van der Waals surface area contributed by atoms with Gasteiger partial charge in [0.15, 0.2) is 0 Å². The Hall–Kier alpha value is -1.10. The van der Waals surface area contributed by atoms with Gasteiger partial charge in [-0.2, -0.15) is 0 Å². The molecule has 4 aliphatic rings. The molecule has 0 bridgehead atoms. The van der Waals surface area contributed by atoms with Gasteiger partial charge in [-0.25, -0.2) is 0 Å². The van der Waals surface area contributed by atoms with Gasteiger partial charge in [0.2, 0.25) is 11.8 Å². The van der Waals surface area contributed by atoms with Gasteiger partial charge in [0.1, 0.15) is 0 Å². The Morgan fingerprint density at radius 1 is 0.792 bits per heavy atom. The minimum Gasteiger partial charge on any atom is -0.342 e. The largest absolute Gasteiger partial charge is 0.342 e. The Labute approximate surface area is 145 Å². The summed E-state index contributed by atoms with van der Waals surface area (Å²) in [5.41, 5.74) is 0.398. The molecule has 2 heterocycles. The van der Waals surface area contributed by atoms with Gasteiger partial charge in [0.25, 0.3) is 0 Å². The highest BCUT2D eigenvalue weighted by Crippen LogP contribution is 2.63. The van der Waals surface area contributed by atoms with Crippen molar-refractivity contribution in [3.8, 4) is 0 Å². The monoisotopic (exact) mass is 333 g/mol. The van der Waals surface area contributed by atoms with Crippen molar-refractivity contribution in [2.75, 3.05) is 45.8 Å². The lowest BCUT2D eigenvalue weighted by Gasteiger charge is -2.24. The van der Waals surface area contributed by atoms with Crippen LogP contribution in [0.15, 0.2) is 0 Å². The van der Waals surface area contributed by atoms with Crippen molar-refractivity contribution in [3.63, 3.8) is 0 Å². The molecule has 0 aromatic carbocycles. The van der Waals surface area contributed by atoms with E-state index in [1.807, 2.05) is 4.90 Å². The first-order valence-corrected chi connectivity index (χ1v) is 9.97. The number of carbonyl (C=O) groups excluding carboxylic acids is 2. The summed E-state index contributed by atoms with van der Waals surface area (Å²) in [6, 6.07) is 0. The molecule has 0 aromatic heterocycles. The van der Waals surface area contributed by atoms with Crippen molar-refractivity contribution < 1.29 is 9.59 Å². The van der Waals surface area contributed by atoms with Gasteiger partial charge in [-0.1, -0.05) is 12.8 Å². The van der Waals surface area contributed by atoms with E-state index in [4.69, 9.17) is 0 Å². The number of carbonyl (C=O) groups is 2. The van der Waals surface area contributed by atoms with Crippen molar-refractivity contribution in [3.05, 3.63) is 0 Å². The summed E-state index contributed by atoms with van der Waals surface area (Å²) in [5, 5.41) is 0. The third-order valence-electron chi connectivity index (χ3n) is 6.80. The molecule has 4 fully saturated rings. The molecule has 0 N–H and O–H groups in total. The molecule has 1 unspecified atom stereocenters. The second-order valence-corrected chi connectivity index (χ2v) is 8.37. The standard InChI is InChI=1S/C19H31N3O2/c23-17(21-9-3-4-10-21)15-20-8-5-11-22(13-12-20)18(24)16-14-19(16)6-1-2-7-19/h16H,1-15H2. The summed E-state index contributed by atoms with van der Waals surface area (Å²) < 4.78 is 0. The SMILES string of the molecule is O=C(CN1CCCN(C(=O)C2CC23CCCC3)CC1)N1CCCC1. The van der Waals surface area contributed by atoms with Gasteiger partial charge < -0.3 is 9.80 Å². The van der Waals surface area contributed by atoms with E-state index in [1.54, 1.807) is 0 Å². The van der Waals surface area contributed by atoms with E-state index < -0.39 is 0 Å². The van der Waals surface area contributed by atoms with Crippen molar-refractivity contribution in [2.24, 2.45) is 11.3 Å². The minimum atomic E-state index is 0.277. The number of likely N-dealkylation sites (tertiary alicyclic amines) is 1. The van der Waals surface area contributed by atoms with Crippen molar-refractivity contribution in [2.45, 2.75) is 51.4 Å². The van der Waals surface area contributed by atoms with Crippen LogP contribution in [0.25, 0.3) is 0 Å². The third-order valence-corrected chi connectivity index (χ3v) is 6.80. The average molecular weight is 333 g/mol. The summed E-state index contributed by atoms with van der Waals surface area (Å²) in [5.74, 6) is 1.00. The fourth-order valence-electron chi connectivity index (χ4n) is 5.16. The van der Waals surface area contributed by atoms with Crippen LogP contribution >= 0.6 is 0 Å². The summed E-state index contributed by atoms with van der Waals surface area (Å²) in [7, 11) is 0. The molecule has 24 heavy (non-hydrogen) atoms. The predicted octanol–water partition coefficient (Wildman–Crippen LogP) is 1.72. The van der Waals surface area contributed by atoms with Gasteiger partial charge >= 0.3 is 0 Å². The zero-order valence-electron chi connectivity index (χ0n) is 14.8. The fourth-order valence-corrected chi connectivity index (χ4v) is 5.16. The second-order valence-electron chi connectivity index (χ2n) is 8.37. The Morgan fingerprint density at radius 2 is 1.50 bits per heavy atom. The summed E-state index contributed by atoms with van der Waals surface area (Å²) in [6.07, 6.45) is 9.61. The lowest BCUT2D eigenvalue weighted by Crippen LogP contribution is -2.41. The molecule has 1 atom stereocenters. The maximum atomic E-state index is 12.8. The van der Waals surface area contributed by atoms with Gasteiger partial charge in [-0.05, 0) is 43.9 Å². The Morgan fingerprint density at radius 3 is 2.25 bits per heavy atom. The zero-order valence-corrected chi connectivity index (χ0v) is 14.8. The number of hydrogen-bond donors (Lipinski definition) is 0. The smallest absolute Gasteiger partial charge is 0.236 e. The zero-order chi connectivity index (χ0) is 16.6. The van der Waals surface area contributed by atoms with Crippen molar-refractivity contribution in [1.29, 1.82) is 0 Å². The summed E-state index contributed by atoms with van der Waals surface area (Å²) >= 11 is 0. The van der Waals surface area contributed by atoms with Crippen LogP contribution in [0.4, 0.5) is 0 Å². The van der Waals surface area contributed by atoms with Gasteiger partial charge in [0, 0.05) is 45.2 Å². The summed E-state index contributed by atoms with van der Waals surface area (Å²) in [4.78, 5) is 31.5. The maximum Gasteiger partial charge on any atom is 0.236 e. The Kier molecular flexibility index (Phi) is 4.54. The summed E-state index contributed by atoms with van der Waals surface area (Å²) in [6.45, 7) is 5.88. The van der Waals surface area contributed by atoms with E-state index in [0.29, 0.717) is 23.8 Å². The van der Waals surface area contributed by atoms with E-state index in [9.17, 15) is 9.59 Å². The maximum absolute atomic E-state index is 12.8. The van der Waals surface area contributed by atoms with Crippen LogP contribution in [0.2, 0.25) is 0 Å². The lowest BCUT2D eigenvalue weighted by atomic mass is 10.0. The Bertz CT molecular complexity index is 495. The number of nitrogens with zero attached hydrogens (tertiary/aromatic N) is 3. The van der Waals surface area contributed by atoms with E-state index in [0.717, 1.165) is 65.0 Å². The second kappa shape index (κ2) is 6.66. The average Bonchev–Trinajstić information content (AvgIpc) is 2.89. The highest BCUT2D eigenvalue weighted by molar-refractivity contribution is 5.83. The molecule has 134 valence electrons. The molecule has 5 nitrogen and oxygen atoms in total. The molecule has 0 radical (unpaired) electrons. The number of rotatable bonds is 3. The van der Waals surface area contributed by atoms with Crippen LogP contribution in [-0.2, 0) is 9.59 Å². The van der Waals surface area contributed by atoms with Crippen LogP contribution in [0.5, 0.6) is 0 Å². The molecule has 2 saturated heterocycles. The van der Waals surface area contributed by atoms with E-state index in [2.05, 4.69) is 9.80 Å². The first-order chi connectivity index (χ1) is 11.7. The van der Waals surface area contributed by atoms with Crippen LogP contribution in [0.3, 0.4) is 0 Å². The molecule has 4 rings (SSSR count). The van der Waals surface area contributed by atoms with Gasteiger partial charge in [0.05, 0.1) is 6.54 Å². The molecule has 2 aliphatic carbocycles. The molecule has 2 saturated carbocycles. The van der Waals surface area contributed by atoms with E-state index >= 15 is 0 Å². The van der Waals surface area contributed by atoms with Crippen molar-refractivity contribution >= 4 is 11.8 Å². The minimum absolute atomic E-state index is 0.277. The molecule has 2 aliphatic heterocycles. The van der Waals surface area contributed by atoms with Crippen LogP contribution in [0.1, 0.15) is 51.4 Å². The fraction of sp³-hybridized carbons (Fsp3) is 0.895. The van der Waals surface area contributed by atoms with Crippen LogP contribution in [-0.4, -0.2) is 72.3 Å². The first-order valence-electron chi connectivity index (χ1n) is 9.97. The highest BCUT2D eigenvalue weighted by Gasteiger charge is 2.59. The highest BCUT2D eigenvalue weighted by atomic mass is 16.2. The molecular formula is C19H31N3O2. The predicted molar refractivity (Wildman–Crippen MR) is 92.5 cm³/mol. The van der Waals surface area contributed by atoms with Gasteiger partial charge in [-0.3, -0.25) is 14.5 Å². The number of hydrogen-bond acceptors (Lipinski definition) is 3. The van der Waals surface area contributed by atoms with Crippen LogP contribution in [0, 0.1) is 11.3 Å². The lowest BCUT2D eigenvalue weighted by molar-refractivity contribution is -0.133. The molecule has 1 spiro atoms. The first kappa shape index (κ1) is 16.4. The van der Waals surface area contributed by atoms with Crippen molar-refractivity contribution in [1.82, 2.24) is 14.7 Å². The molecular weight excluding hydrogens is 302 g/mol. The number of amides is 2. The van der Waals surface area contributed by atoms with Crippen LogP contribution < -0.4 is 0 Å². The van der Waals surface area contributed by atoms with Gasteiger partial charge in [-0.15, -0.1) is 0 Å². The normalized spacial score (nSPS) is 29.9. The third kappa shape index (κ3) is 3.19. The molecule has 5 heteroatoms. The quantitative estimate of drug-likeness (QED) is 0.790.